The lowest BCUT2D eigenvalue weighted by molar-refractivity contribution is 0.550. The van der Waals surface area contributed by atoms with Crippen LogP contribution in [0.25, 0.3) is 12.2 Å². The van der Waals surface area contributed by atoms with Crippen molar-refractivity contribution in [1.29, 1.82) is 5.26 Å². The highest BCUT2D eigenvalue weighted by Gasteiger charge is 2.11. The van der Waals surface area contributed by atoms with E-state index in [1.165, 1.54) is 0 Å². The summed E-state index contributed by atoms with van der Waals surface area (Å²) in [5.41, 5.74) is 0.298. The van der Waals surface area contributed by atoms with Crippen LogP contribution < -0.4 is 5.32 Å². The van der Waals surface area contributed by atoms with Crippen molar-refractivity contribution in [3.63, 3.8) is 0 Å². The van der Waals surface area contributed by atoms with E-state index in [-0.39, 0.29) is 0 Å². The number of nitriles is 1. The Morgan fingerprint density at radius 3 is 3.00 bits per heavy atom. The summed E-state index contributed by atoms with van der Waals surface area (Å²) in [6.45, 7) is 4.93. The van der Waals surface area contributed by atoms with Gasteiger partial charge < -0.3 is 9.73 Å². The van der Waals surface area contributed by atoms with E-state index in [0.29, 0.717) is 23.4 Å². The second-order valence-electron chi connectivity index (χ2n) is 4.47. The molecule has 0 aromatic carbocycles. The third kappa shape index (κ3) is 3.70. The van der Waals surface area contributed by atoms with Crippen LogP contribution in [0, 0.1) is 17.2 Å². The van der Waals surface area contributed by atoms with Crippen molar-refractivity contribution in [3.05, 3.63) is 34.0 Å². The molecular formula is C14H15N3OS. The Morgan fingerprint density at radius 2 is 2.37 bits per heavy atom. The maximum absolute atomic E-state index is 9.01. The first-order valence-electron chi connectivity index (χ1n) is 6.05. The van der Waals surface area contributed by atoms with Crippen LogP contribution in [0.5, 0.6) is 0 Å². The molecule has 0 atom stereocenters. The summed E-state index contributed by atoms with van der Waals surface area (Å²) in [4.78, 5) is 5.25. The quantitative estimate of drug-likeness (QED) is 0.899. The van der Waals surface area contributed by atoms with Gasteiger partial charge in [0.1, 0.15) is 6.07 Å². The van der Waals surface area contributed by atoms with E-state index < -0.39 is 0 Å². The number of hydrogen-bond acceptors (Lipinski definition) is 5. The lowest BCUT2D eigenvalue weighted by Gasteiger charge is -2.04. The molecule has 0 saturated heterocycles. The van der Waals surface area contributed by atoms with Crippen molar-refractivity contribution < 1.29 is 4.42 Å². The topological polar surface area (TPSA) is 61.9 Å². The highest BCUT2D eigenvalue weighted by atomic mass is 32.1. The largest absolute Gasteiger partial charge is 0.420 e. The molecule has 0 radical (unpaired) electrons. The molecule has 0 fully saturated rings. The van der Waals surface area contributed by atoms with Crippen molar-refractivity contribution >= 4 is 29.4 Å². The Hall–Kier alpha value is -2.06. The van der Waals surface area contributed by atoms with E-state index in [1.54, 1.807) is 17.4 Å². The Kier molecular flexibility index (Phi) is 4.37. The summed E-state index contributed by atoms with van der Waals surface area (Å²) >= 11 is 1.64. The number of nitrogens with one attached hydrogen (secondary N) is 1. The van der Waals surface area contributed by atoms with Gasteiger partial charge in [-0.2, -0.15) is 10.2 Å². The number of rotatable bonds is 5. The fourth-order valence-electron chi connectivity index (χ4n) is 1.44. The van der Waals surface area contributed by atoms with Gasteiger partial charge in [0.15, 0.2) is 0 Å². The summed E-state index contributed by atoms with van der Waals surface area (Å²) in [6, 6.07) is 6.02. The average molecular weight is 273 g/mol. The molecule has 0 spiro atoms. The molecule has 0 bridgehead atoms. The fraction of sp³-hybridized carbons (Fsp3) is 0.286. The lowest BCUT2D eigenvalue weighted by atomic mass is 10.2. The Morgan fingerprint density at radius 1 is 1.53 bits per heavy atom. The molecule has 5 heteroatoms. The van der Waals surface area contributed by atoms with Crippen LogP contribution in [0.3, 0.4) is 0 Å². The maximum Gasteiger partial charge on any atom is 0.232 e. The molecule has 2 aromatic rings. The first kappa shape index (κ1) is 13.4. The smallest absolute Gasteiger partial charge is 0.232 e. The summed E-state index contributed by atoms with van der Waals surface area (Å²) in [6.07, 6.45) is 3.69. The van der Waals surface area contributed by atoms with Gasteiger partial charge in [-0.15, -0.1) is 11.3 Å². The van der Waals surface area contributed by atoms with Gasteiger partial charge in [0.25, 0.3) is 0 Å². The average Bonchev–Trinajstić information content (AvgIpc) is 3.03. The van der Waals surface area contributed by atoms with Crippen molar-refractivity contribution in [2.24, 2.45) is 5.92 Å². The van der Waals surface area contributed by atoms with Gasteiger partial charge in [0.05, 0.1) is 0 Å². The molecule has 2 aromatic heterocycles. The van der Waals surface area contributed by atoms with E-state index in [9.17, 15) is 0 Å². The minimum absolute atomic E-state index is 0.298. The first-order valence-corrected chi connectivity index (χ1v) is 6.93. The molecule has 0 aliphatic carbocycles. The summed E-state index contributed by atoms with van der Waals surface area (Å²) in [7, 11) is 0. The zero-order valence-corrected chi connectivity index (χ0v) is 11.7. The molecule has 0 unspecified atom stereocenters. The van der Waals surface area contributed by atoms with Gasteiger partial charge >= 0.3 is 0 Å². The molecule has 19 heavy (non-hydrogen) atoms. The zero-order valence-electron chi connectivity index (χ0n) is 10.9. The molecule has 98 valence electrons. The van der Waals surface area contributed by atoms with Crippen molar-refractivity contribution in [1.82, 2.24) is 4.98 Å². The van der Waals surface area contributed by atoms with Gasteiger partial charge in [-0.25, -0.2) is 0 Å². The Bertz CT molecular complexity index is 591. The number of hydrogen-bond donors (Lipinski definition) is 1. The lowest BCUT2D eigenvalue weighted by Crippen LogP contribution is -2.08. The Balaban J connectivity index is 2.12. The Labute approximate surface area is 116 Å². The third-order valence-electron chi connectivity index (χ3n) is 2.35. The van der Waals surface area contributed by atoms with E-state index >= 15 is 0 Å². The van der Waals surface area contributed by atoms with E-state index in [2.05, 4.69) is 24.1 Å². The SMILES string of the molecule is CC(C)CNc1oc(/C=C/c2cccs2)nc1C#N. The van der Waals surface area contributed by atoms with Crippen LogP contribution in [-0.4, -0.2) is 11.5 Å². The normalized spacial score (nSPS) is 11.1. The molecule has 0 aliphatic heterocycles. The monoisotopic (exact) mass is 273 g/mol. The van der Waals surface area contributed by atoms with E-state index in [1.807, 2.05) is 29.7 Å². The predicted octanol–water partition coefficient (Wildman–Crippen LogP) is 3.85. The molecule has 0 aliphatic rings. The van der Waals surface area contributed by atoms with Crippen LogP contribution >= 0.6 is 11.3 Å². The van der Waals surface area contributed by atoms with Crippen LogP contribution in [0.1, 0.15) is 30.3 Å². The highest BCUT2D eigenvalue weighted by molar-refractivity contribution is 7.10. The van der Waals surface area contributed by atoms with Gasteiger partial charge in [-0.3, -0.25) is 0 Å². The van der Waals surface area contributed by atoms with Gasteiger partial charge in [-0.05, 0) is 23.4 Å². The second kappa shape index (κ2) is 6.21. The number of thiophene rings is 1. The summed E-state index contributed by atoms with van der Waals surface area (Å²) in [5.74, 6) is 1.36. The van der Waals surface area contributed by atoms with Crippen LogP contribution in [0.15, 0.2) is 21.9 Å². The molecule has 4 nitrogen and oxygen atoms in total. The van der Waals surface area contributed by atoms with Gasteiger partial charge in [0, 0.05) is 17.5 Å². The summed E-state index contributed by atoms with van der Waals surface area (Å²) < 4.78 is 5.53. The molecule has 2 rings (SSSR count). The number of oxazole rings is 1. The van der Waals surface area contributed by atoms with Crippen molar-refractivity contribution in [2.75, 3.05) is 11.9 Å². The zero-order chi connectivity index (χ0) is 13.7. The van der Waals surface area contributed by atoms with Crippen LogP contribution in [0.4, 0.5) is 5.88 Å². The standard InChI is InChI=1S/C14H15N3OS/c1-10(2)9-16-14-12(8-15)17-13(18-14)6-5-11-4-3-7-19-11/h3-7,10,16H,9H2,1-2H3/b6-5+. The number of nitrogens with zero attached hydrogens (tertiary/aromatic N) is 2. The predicted molar refractivity (Wildman–Crippen MR) is 77.8 cm³/mol. The fourth-order valence-corrected chi connectivity index (χ4v) is 2.06. The van der Waals surface area contributed by atoms with Crippen LogP contribution in [0.2, 0.25) is 0 Å². The molecule has 0 amide bonds. The van der Waals surface area contributed by atoms with Gasteiger partial charge in [0.2, 0.25) is 17.5 Å². The van der Waals surface area contributed by atoms with Crippen molar-refractivity contribution in [2.45, 2.75) is 13.8 Å². The van der Waals surface area contributed by atoms with Gasteiger partial charge in [-0.1, -0.05) is 19.9 Å². The molecule has 1 N–H and O–H groups in total. The molecule has 2 heterocycles. The first-order chi connectivity index (χ1) is 9.19. The van der Waals surface area contributed by atoms with E-state index in [0.717, 1.165) is 11.4 Å². The third-order valence-corrected chi connectivity index (χ3v) is 3.19. The molecule has 0 saturated carbocycles. The molecular weight excluding hydrogens is 258 g/mol. The highest BCUT2D eigenvalue weighted by Crippen LogP contribution is 2.19. The van der Waals surface area contributed by atoms with E-state index in [4.69, 9.17) is 9.68 Å². The minimum atomic E-state index is 0.298. The van der Waals surface area contributed by atoms with Crippen molar-refractivity contribution in [3.8, 4) is 6.07 Å². The van der Waals surface area contributed by atoms with Crippen LogP contribution in [-0.2, 0) is 0 Å². The second-order valence-corrected chi connectivity index (χ2v) is 5.44. The summed E-state index contributed by atoms with van der Waals surface area (Å²) in [5, 5.41) is 14.1. The number of anilines is 1. The maximum atomic E-state index is 9.01. The minimum Gasteiger partial charge on any atom is -0.420 e. The number of aromatic nitrogens is 1.